The molecule has 2 aromatic rings. The first-order valence-electron chi connectivity index (χ1n) is 9.31. The van der Waals surface area contributed by atoms with Crippen molar-refractivity contribution in [3.05, 3.63) is 33.3 Å². The lowest BCUT2D eigenvalue weighted by molar-refractivity contribution is 0.122. The zero-order valence-corrected chi connectivity index (χ0v) is 16.2. The average molecular weight is 392 g/mol. The minimum atomic E-state index is 0.618. The first kappa shape index (κ1) is 16.9. The van der Waals surface area contributed by atoms with Gasteiger partial charge in [-0.3, -0.25) is 4.90 Å². The molecule has 0 amide bonds. The molecule has 8 heteroatoms. The molecule has 0 radical (unpaired) electrons. The Bertz CT molecular complexity index is 803. The van der Waals surface area contributed by atoms with E-state index in [0.29, 0.717) is 11.1 Å². The van der Waals surface area contributed by atoms with Crippen LogP contribution in [-0.4, -0.2) is 52.7 Å². The predicted octanol–water partition coefficient (Wildman–Crippen LogP) is 2.86. The molecule has 0 N–H and O–H groups in total. The van der Waals surface area contributed by atoms with Crippen molar-refractivity contribution in [2.75, 3.05) is 37.7 Å². The van der Waals surface area contributed by atoms with Gasteiger partial charge in [0, 0.05) is 62.5 Å². The molecule has 2 aromatic heterocycles. The van der Waals surface area contributed by atoms with Gasteiger partial charge in [0.05, 0.1) is 18.1 Å². The number of morpholine rings is 1. The van der Waals surface area contributed by atoms with Crippen molar-refractivity contribution in [1.29, 1.82) is 0 Å². The third-order valence-electron chi connectivity index (χ3n) is 5.26. The lowest BCUT2D eigenvalue weighted by atomic mass is 10.1. The maximum Gasteiger partial charge on any atom is 0.187 e. The van der Waals surface area contributed by atoms with Crippen LogP contribution in [0.1, 0.15) is 40.7 Å². The van der Waals surface area contributed by atoms with Gasteiger partial charge in [0.2, 0.25) is 0 Å². The molecule has 26 heavy (non-hydrogen) atoms. The fourth-order valence-electron chi connectivity index (χ4n) is 3.58. The van der Waals surface area contributed by atoms with E-state index >= 15 is 0 Å². The second-order valence-electron chi connectivity index (χ2n) is 7.24. The molecule has 0 bridgehead atoms. The quantitative estimate of drug-likeness (QED) is 0.798. The van der Waals surface area contributed by atoms with E-state index in [0.717, 1.165) is 68.2 Å². The summed E-state index contributed by atoms with van der Waals surface area (Å²) in [7, 11) is 0. The molecular formula is C18H22ClN5OS. The Kier molecular flexibility index (Phi) is 4.56. The smallest absolute Gasteiger partial charge is 0.187 e. The highest BCUT2D eigenvalue weighted by molar-refractivity contribution is 7.16. The number of thiazole rings is 1. The minimum absolute atomic E-state index is 0.618. The predicted molar refractivity (Wildman–Crippen MR) is 102 cm³/mol. The Hall–Kier alpha value is -1.28. The molecule has 0 atom stereocenters. The van der Waals surface area contributed by atoms with Crippen LogP contribution in [0.5, 0.6) is 0 Å². The van der Waals surface area contributed by atoms with E-state index in [4.69, 9.17) is 21.3 Å². The van der Waals surface area contributed by atoms with Crippen LogP contribution in [-0.2, 0) is 24.2 Å². The van der Waals surface area contributed by atoms with E-state index < -0.39 is 0 Å². The highest BCUT2D eigenvalue weighted by atomic mass is 35.5. The van der Waals surface area contributed by atoms with Crippen LogP contribution in [0, 0.1) is 0 Å². The molecule has 0 unspecified atom stereocenters. The average Bonchev–Trinajstić information content (AvgIpc) is 3.46. The third-order valence-corrected chi connectivity index (χ3v) is 6.79. The zero-order valence-electron chi connectivity index (χ0n) is 14.7. The van der Waals surface area contributed by atoms with Crippen LogP contribution in [0.2, 0.25) is 5.15 Å². The van der Waals surface area contributed by atoms with Gasteiger partial charge in [-0.15, -0.1) is 0 Å². The second kappa shape index (κ2) is 7.03. The molecular weight excluding hydrogens is 370 g/mol. The fraction of sp³-hybridized carbons (Fsp3) is 0.611. The van der Waals surface area contributed by atoms with Gasteiger partial charge in [-0.2, -0.15) is 0 Å². The first-order valence-corrected chi connectivity index (χ1v) is 10.5. The largest absolute Gasteiger partial charge is 0.378 e. The molecule has 4 heterocycles. The standard InChI is InChI=1S/C18H22ClN5OS/c19-16-15(26-18(22-16)24-5-7-25-8-6-24)11-23-4-3-14-13(10-23)9-20-17(21-14)12-1-2-12/h9,12H,1-8,10-11H2. The number of anilines is 1. The Morgan fingerprint density at radius 1 is 1.19 bits per heavy atom. The molecule has 5 rings (SSSR count). The van der Waals surface area contributed by atoms with Crippen molar-refractivity contribution < 1.29 is 4.74 Å². The van der Waals surface area contributed by atoms with Gasteiger partial charge in [0.25, 0.3) is 0 Å². The number of aromatic nitrogens is 3. The number of hydrogen-bond donors (Lipinski definition) is 0. The van der Waals surface area contributed by atoms with Crippen molar-refractivity contribution >= 4 is 28.1 Å². The van der Waals surface area contributed by atoms with Crippen LogP contribution in [0.25, 0.3) is 0 Å². The Balaban J connectivity index is 1.27. The number of fused-ring (bicyclic) bond motifs is 1. The molecule has 1 saturated heterocycles. The Labute approximate surface area is 162 Å². The molecule has 0 aromatic carbocycles. The molecule has 3 aliphatic rings. The Morgan fingerprint density at radius 3 is 2.85 bits per heavy atom. The minimum Gasteiger partial charge on any atom is -0.378 e. The normalized spacial score (nSPS) is 21.0. The third kappa shape index (κ3) is 3.45. The molecule has 1 aliphatic carbocycles. The van der Waals surface area contributed by atoms with E-state index in [1.54, 1.807) is 11.3 Å². The van der Waals surface area contributed by atoms with Crippen LogP contribution in [0.4, 0.5) is 5.13 Å². The van der Waals surface area contributed by atoms with Crippen LogP contribution < -0.4 is 4.90 Å². The Morgan fingerprint density at radius 2 is 2.04 bits per heavy atom. The molecule has 2 fully saturated rings. The summed E-state index contributed by atoms with van der Waals surface area (Å²) in [4.78, 5) is 19.8. The maximum atomic E-state index is 6.44. The second-order valence-corrected chi connectivity index (χ2v) is 8.66. The van der Waals surface area contributed by atoms with E-state index in [-0.39, 0.29) is 0 Å². The lowest BCUT2D eigenvalue weighted by Gasteiger charge is -2.27. The summed E-state index contributed by atoms with van der Waals surface area (Å²) in [5.41, 5.74) is 2.50. The summed E-state index contributed by atoms with van der Waals surface area (Å²) >= 11 is 8.15. The fourth-order valence-corrected chi connectivity index (χ4v) is 4.93. The highest BCUT2D eigenvalue weighted by Crippen LogP contribution is 2.38. The molecule has 138 valence electrons. The van der Waals surface area contributed by atoms with Crippen molar-refractivity contribution in [1.82, 2.24) is 19.9 Å². The number of hydrogen-bond acceptors (Lipinski definition) is 7. The lowest BCUT2D eigenvalue weighted by Crippen LogP contribution is -2.36. The molecule has 2 aliphatic heterocycles. The summed E-state index contributed by atoms with van der Waals surface area (Å²) in [6.45, 7) is 6.04. The number of ether oxygens (including phenoxy) is 1. The van der Waals surface area contributed by atoms with Gasteiger partial charge in [0.1, 0.15) is 11.0 Å². The summed E-state index contributed by atoms with van der Waals surface area (Å²) < 4.78 is 5.42. The van der Waals surface area contributed by atoms with Crippen molar-refractivity contribution in [2.45, 2.75) is 38.3 Å². The monoisotopic (exact) mass is 391 g/mol. The zero-order chi connectivity index (χ0) is 17.5. The van der Waals surface area contributed by atoms with Gasteiger partial charge in [-0.05, 0) is 12.8 Å². The molecule has 6 nitrogen and oxygen atoms in total. The van der Waals surface area contributed by atoms with E-state index in [1.165, 1.54) is 24.1 Å². The van der Waals surface area contributed by atoms with E-state index in [9.17, 15) is 0 Å². The van der Waals surface area contributed by atoms with Crippen molar-refractivity contribution in [2.24, 2.45) is 0 Å². The highest BCUT2D eigenvalue weighted by Gasteiger charge is 2.28. The van der Waals surface area contributed by atoms with Gasteiger partial charge >= 0.3 is 0 Å². The van der Waals surface area contributed by atoms with Crippen LogP contribution >= 0.6 is 22.9 Å². The van der Waals surface area contributed by atoms with Gasteiger partial charge in [-0.1, -0.05) is 22.9 Å². The van der Waals surface area contributed by atoms with Crippen molar-refractivity contribution in [3.8, 4) is 0 Å². The number of rotatable bonds is 4. The van der Waals surface area contributed by atoms with Crippen LogP contribution in [0.3, 0.4) is 0 Å². The van der Waals surface area contributed by atoms with E-state index in [2.05, 4.69) is 19.8 Å². The topological polar surface area (TPSA) is 54.4 Å². The number of halogens is 1. The molecule has 1 saturated carbocycles. The summed E-state index contributed by atoms with van der Waals surface area (Å²) in [5, 5.41) is 1.66. The van der Waals surface area contributed by atoms with Gasteiger partial charge in [0.15, 0.2) is 5.13 Å². The van der Waals surface area contributed by atoms with Gasteiger partial charge < -0.3 is 9.64 Å². The summed E-state index contributed by atoms with van der Waals surface area (Å²) in [6, 6.07) is 0. The first-order chi connectivity index (χ1) is 12.8. The summed E-state index contributed by atoms with van der Waals surface area (Å²) in [6.07, 6.45) is 5.53. The maximum absolute atomic E-state index is 6.44. The van der Waals surface area contributed by atoms with Gasteiger partial charge in [-0.25, -0.2) is 15.0 Å². The number of nitrogens with zero attached hydrogens (tertiary/aromatic N) is 5. The van der Waals surface area contributed by atoms with Crippen molar-refractivity contribution in [3.63, 3.8) is 0 Å². The molecule has 0 spiro atoms. The summed E-state index contributed by atoms with van der Waals surface area (Å²) in [5.74, 6) is 1.67. The van der Waals surface area contributed by atoms with Crippen LogP contribution in [0.15, 0.2) is 6.20 Å². The van der Waals surface area contributed by atoms with E-state index in [1.807, 2.05) is 6.20 Å². The SMILES string of the molecule is Clc1nc(N2CCOCC2)sc1CN1CCc2nc(C3CC3)ncc2C1.